The van der Waals surface area contributed by atoms with Crippen LogP contribution in [0.4, 0.5) is 0 Å². The number of benzene rings is 4. The molecule has 0 aliphatic heterocycles. The molecule has 0 heterocycles. The molecule has 0 N–H and O–H groups in total. The van der Waals surface area contributed by atoms with Gasteiger partial charge in [0.1, 0.15) is 0 Å². The Morgan fingerprint density at radius 3 is 1.61 bits per heavy atom. The zero-order chi connectivity index (χ0) is 22.4. The van der Waals surface area contributed by atoms with Crippen LogP contribution in [-0.4, -0.2) is 6.71 Å². The van der Waals surface area contributed by atoms with Crippen LogP contribution in [-0.2, 0) is 0 Å². The summed E-state index contributed by atoms with van der Waals surface area (Å²) in [7, 11) is 0. The average Bonchev–Trinajstić information content (AvgIpc) is 2.74. The molecule has 4 rings (SSSR count). The highest BCUT2D eigenvalue weighted by Gasteiger charge is 2.31. The van der Waals surface area contributed by atoms with Crippen LogP contribution in [0.1, 0.15) is 33.4 Å². The molecule has 0 atom stereocenters. The van der Waals surface area contributed by atoms with E-state index in [2.05, 4.69) is 96.1 Å². The fourth-order valence-corrected chi connectivity index (χ4v) is 5.51. The van der Waals surface area contributed by atoms with Gasteiger partial charge in [-0.25, -0.2) is 0 Å². The van der Waals surface area contributed by atoms with Gasteiger partial charge < -0.3 is 0 Å². The normalized spacial score (nSPS) is 11.2. The number of aryl methyl sites for hydroxylation is 4. The summed E-state index contributed by atoms with van der Waals surface area (Å²) in [6.07, 6.45) is 0. The number of halogens is 2. The fraction of sp³-hybridized carbons (Fsp3) is 0.214. The summed E-state index contributed by atoms with van der Waals surface area (Å²) in [5.41, 5.74) is 10.9. The summed E-state index contributed by atoms with van der Waals surface area (Å²) < 4.78 is 0. The van der Waals surface area contributed by atoms with Crippen LogP contribution in [0.2, 0.25) is 10.0 Å². The van der Waals surface area contributed by atoms with Gasteiger partial charge in [0.15, 0.2) is 0 Å². The first kappa shape index (κ1) is 22.0. The summed E-state index contributed by atoms with van der Waals surface area (Å²) in [5.74, 6) is 0. The van der Waals surface area contributed by atoms with Gasteiger partial charge in [0.05, 0.1) is 0 Å². The second kappa shape index (κ2) is 8.38. The molecule has 0 unspecified atom stereocenters. The van der Waals surface area contributed by atoms with Crippen LogP contribution in [0.25, 0.3) is 10.8 Å². The van der Waals surface area contributed by atoms with Gasteiger partial charge in [-0.2, -0.15) is 0 Å². The van der Waals surface area contributed by atoms with E-state index in [-0.39, 0.29) is 6.71 Å². The molecule has 0 aliphatic carbocycles. The Balaban J connectivity index is 2.18. The van der Waals surface area contributed by atoms with Crippen molar-refractivity contribution in [3.63, 3.8) is 0 Å². The average molecular weight is 445 g/mol. The maximum Gasteiger partial charge on any atom is 0.243 e. The Kier molecular flexibility index (Phi) is 5.94. The Bertz CT molecular complexity index is 1250. The molecule has 0 amide bonds. The fourth-order valence-electron chi connectivity index (χ4n) is 5.20. The molecule has 0 aromatic heterocycles. The van der Waals surface area contributed by atoms with E-state index in [9.17, 15) is 0 Å². The van der Waals surface area contributed by atoms with Crippen LogP contribution in [0.15, 0.2) is 54.6 Å². The molecule has 4 aromatic carbocycles. The lowest BCUT2D eigenvalue weighted by Gasteiger charge is -2.27. The first-order valence-corrected chi connectivity index (χ1v) is 11.5. The van der Waals surface area contributed by atoms with Gasteiger partial charge >= 0.3 is 0 Å². The van der Waals surface area contributed by atoms with Crippen molar-refractivity contribution in [3.8, 4) is 0 Å². The summed E-state index contributed by atoms with van der Waals surface area (Å²) >= 11 is 13.6. The van der Waals surface area contributed by atoms with Crippen molar-refractivity contribution in [1.82, 2.24) is 0 Å². The van der Waals surface area contributed by atoms with Gasteiger partial charge in [-0.3, -0.25) is 0 Å². The Hall–Kier alpha value is -2.22. The third kappa shape index (κ3) is 3.69. The van der Waals surface area contributed by atoms with Gasteiger partial charge in [-0.05, 0) is 74.6 Å². The molecule has 0 aliphatic rings. The summed E-state index contributed by atoms with van der Waals surface area (Å²) in [4.78, 5) is 0. The minimum absolute atomic E-state index is 0.0438. The minimum Gasteiger partial charge on any atom is -0.0838 e. The van der Waals surface area contributed by atoms with E-state index in [0.717, 1.165) is 32.3 Å². The molecule has 3 heteroatoms. The largest absolute Gasteiger partial charge is 0.243 e. The highest BCUT2D eigenvalue weighted by molar-refractivity contribution is 6.98. The predicted molar refractivity (Wildman–Crippen MR) is 140 cm³/mol. The molecule has 0 nitrogen and oxygen atoms in total. The Morgan fingerprint density at radius 1 is 0.581 bits per heavy atom. The quantitative estimate of drug-likeness (QED) is 0.316. The van der Waals surface area contributed by atoms with Crippen molar-refractivity contribution in [3.05, 3.63) is 98.0 Å². The Morgan fingerprint density at radius 2 is 1.06 bits per heavy atom. The molecule has 0 saturated carbocycles. The van der Waals surface area contributed by atoms with E-state index >= 15 is 0 Å². The first-order chi connectivity index (χ1) is 14.7. The van der Waals surface area contributed by atoms with E-state index in [4.69, 9.17) is 23.2 Å². The summed E-state index contributed by atoms with van der Waals surface area (Å²) in [5, 5.41) is 4.20. The second-order valence-electron chi connectivity index (χ2n) is 8.73. The van der Waals surface area contributed by atoms with E-state index in [1.807, 2.05) is 0 Å². The smallest absolute Gasteiger partial charge is 0.0838 e. The van der Waals surface area contributed by atoms with Crippen LogP contribution < -0.4 is 16.4 Å². The van der Waals surface area contributed by atoms with Crippen LogP contribution in [0.5, 0.6) is 0 Å². The monoisotopic (exact) mass is 444 g/mol. The van der Waals surface area contributed by atoms with Crippen molar-refractivity contribution in [2.45, 2.75) is 41.5 Å². The van der Waals surface area contributed by atoms with E-state index < -0.39 is 0 Å². The van der Waals surface area contributed by atoms with Crippen molar-refractivity contribution < 1.29 is 0 Å². The molecule has 0 radical (unpaired) electrons. The summed E-state index contributed by atoms with van der Waals surface area (Å²) in [6, 6.07) is 19.6. The van der Waals surface area contributed by atoms with Crippen LogP contribution >= 0.6 is 23.2 Å². The predicted octanol–water partition coefficient (Wildman–Crippen LogP) is 6.51. The third-order valence-corrected chi connectivity index (χ3v) is 7.75. The van der Waals surface area contributed by atoms with Gasteiger partial charge in [0, 0.05) is 10.0 Å². The lowest BCUT2D eigenvalue weighted by atomic mass is 9.33. The molecular formula is C28H27BCl2. The molecule has 4 aromatic rings. The lowest BCUT2D eigenvalue weighted by Crippen LogP contribution is -2.56. The van der Waals surface area contributed by atoms with Gasteiger partial charge in [0.2, 0.25) is 6.71 Å². The van der Waals surface area contributed by atoms with Crippen LogP contribution in [0.3, 0.4) is 0 Å². The SMILES string of the molecule is Cc1cc(C)c(B(c2c(C)cc(C)c(Cl)c2C)c2cccc3ccccc23)c(C)c1Cl. The third-order valence-electron chi connectivity index (χ3n) is 6.59. The van der Waals surface area contributed by atoms with Crippen molar-refractivity contribution in [2.24, 2.45) is 0 Å². The molecule has 0 spiro atoms. The van der Waals surface area contributed by atoms with Crippen molar-refractivity contribution in [1.29, 1.82) is 0 Å². The number of rotatable bonds is 3. The maximum absolute atomic E-state index is 6.80. The van der Waals surface area contributed by atoms with Gasteiger partial charge in [0.25, 0.3) is 0 Å². The van der Waals surface area contributed by atoms with Gasteiger partial charge in [-0.15, -0.1) is 0 Å². The molecule has 0 bridgehead atoms. The second-order valence-corrected chi connectivity index (χ2v) is 9.48. The molecular weight excluding hydrogens is 418 g/mol. The summed E-state index contributed by atoms with van der Waals surface area (Å²) in [6.45, 7) is 12.9. The van der Waals surface area contributed by atoms with Crippen LogP contribution in [0, 0.1) is 41.5 Å². The molecule has 0 saturated heterocycles. The van der Waals surface area contributed by atoms with E-state index in [1.54, 1.807) is 0 Å². The van der Waals surface area contributed by atoms with Crippen molar-refractivity contribution >= 4 is 57.1 Å². The van der Waals surface area contributed by atoms with E-state index in [0.29, 0.717) is 0 Å². The topological polar surface area (TPSA) is 0 Å². The number of fused-ring (bicyclic) bond motifs is 1. The number of hydrogen-bond acceptors (Lipinski definition) is 0. The number of hydrogen-bond donors (Lipinski definition) is 0. The lowest BCUT2D eigenvalue weighted by molar-refractivity contribution is 1.34. The zero-order valence-corrected chi connectivity index (χ0v) is 20.5. The maximum atomic E-state index is 6.80. The first-order valence-electron chi connectivity index (χ1n) is 10.7. The molecule has 0 fully saturated rings. The van der Waals surface area contributed by atoms with Crippen molar-refractivity contribution in [2.75, 3.05) is 0 Å². The highest BCUT2D eigenvalue weighted by Crippen LogP contribution is 2.25. The zero-order valence-electron chi connectivity index (χ0n) is 19.0. The molecule has 156 valence electrons. The minimum atomic E-state index is 0.0438. The molecule has 31 heavy (non-hydrogen) atoms. The Labute approximate surface area is 196 Å². The standard InChI is InChI=1S/C28H27BCl2/c1-16-14-18(3)27(30)20(5)25(16)29(26-17(2)15-19(4)28(31)21(26)6)24-13-9-11-22-10-7-8-12-23(22)24/h7-15H,1-6H3. The van der Waals surface area contributed by atoms with Gasteiger partial charge in [-0.1, -0.05) is 105 Å². The van der Waals surface area contributed by atoms with E-state index in [1.165, 1.54) is 38.3 Å². The highest BCUT2D eigenvalue weighted by atomic mass is 35.5.